The van der Waals surface area contributed by atoms with E-state index in [4.69, 9.17) is 0 Å². The Morgan fingerprint density at radius 2 is 1.94 bits per heavy atom. The molecule has 0 bridgehead atoms. The van der Waals surface area contributed by atoms with Crippen molar-refractivity contribution in [2.24, 2.45) is 5.92 Å². The predicted octanol–water partition coefficient (Wildman–Crippen LogP) is 3.24. The molecule has 1 atom stereocenters. The van der Waals surface area contributed by atoms with Crippen molar-refractivity contribution in [1.82, 2.24) is 5.32 Å². The number of hydrogen-bond acceptors (Lipinski definition) is 2. The Labute approximate surface area is 98.7 Å². The van der Waals surface area contributed by atoms with Crippen molar-refractivity contribution in [3.05, 3.63) is 0 Å². The van der Waals surface area contributed by atoms with E-state index < -0.39 is 18.9 Å². The molecule has 0 aliphatic heterocycles. The molecular formula is C11H18F3NO2. The van der Waals surface area contributed by atoms with E-state index in [-0.39, 0.29) is 6.04 Å². The topological polar surface area (TPSA) is 38.3 Å². The van der Waals surface area contributed by atoms with Gasteiger partial charge in [0, 0.05) is 6.04 Å². The van der Waals surface area contributed by atoms with Crippen LogP contribution in [-0.4, -0.2) is 24.9 Å². The van der Waals surface area contributed by atoms with Gasteiger partial charge in [0.1, 0.15) is 0 Å². The summed E-state index contributed by atoms with van der Waals surface area (Å²) in [6, 6.07) is -0.129. The average Bonchev–Trinajstić information content (AvgIpc) is 2.27. The molecule has 17 heavy (non-hydrogen) atoms. The van der Waals surface area contributed by atoms with Crippen LogP contribution in [0.2, 0.25) is 0 Å². The summed E-state index contributed by atoms with van der Waals surface area (Å²) in [6.07, 6.45) is 0.0114. The lowest BCUT2D eigenvalue weighted by molar-refractivity contribution is -0.160. The summed E-state index contributed by atoms with van der Waals surface area (Å²) >= 11 is 0. The van der Waals surface area contributed by atoms with Gasteiger partial charge in [-0.25, -0.2) is 4.79 Å². The van der Waals surface area contributed by atoms with Crippen molar-refractivity contribution in [3.8, 4) is 0 Å². The van der Waals surface area contributed by atoms with E-state index in [2.05, 4.69) is 10.1 Å². The molecule has 0 aromatic rings. The number of rotatable bonds is 3. The summed E-state index contributed by atoms with van der Waals surface area (Å²) in [5.74, 6) is 0.349. The zero-order chi connectivity index (χ0) is 12.9. The second-order valence-corrected chi connectivity index (χ2v) is 4.52. The van der Waals surface area contributed by atoms with E-state index in [1.165, 1.54) is 6.42 Å². The van der Waals surface area contributed by atoms with Crippen LogP contribution < -0.4 is 5.32 Å². The van der Waals surface area contributed by atoms with Crippen molar-refractivity contribution in [1.29, 1.82) is 0 Å². The summed E-state index contributed by atoms with van der Waals surface area (Å²) in [5.41, 5.74) is 0. The van der Waals surface area contributed by atoms with Crippen LogP contribution in [0.5, 0.6) is 0 Å². The molecule has 1 rings (SSSR count). The molecule has 1 fully saturated rings. The molecule has 1 aliphatic carbocycles. The first-order valence-electron chi connectivity index (χ1n) is 5.88. The summed E-state index contributed by atoms with van der Waals surface area (Å²) in [5, 5.41) is 2.46. The molecule has 1 N–H and O–H groups in total. The molecule has 1 unspecified atom stereocenters. The number of carbonyl (C=O) groups excluding carboxylic acids is 1. The Morgan fingerprint density at radius 3 is 2.47 bits per heavy atom. The molecule has 3 nitrogen and oxygen atoms in total. The van der Waals surface area contributed by atoms with Crippen LogP contribution in [0.3, 0.4) is 0 Å². The summed E-state index contributed by atoms with van der Waals surface area (Å²) < 4.78 is 39.5. The number of nitrogens with one attached hydrogen (secondary N) is 1. The standard InChI is InChI=1S/C11H18F3NO2/c1-8(9-5-3-2-4-6-9)15-10(16)17-7-11(12,13)14/h8-9H,2-7H2,1H3,(H,15,16). The highest BCUT2D eigenvalue weighted by molar-refractivity contribution is 5.67. The van der Waals surface area contributed by atoms with E-state index in [1.54, 1.807) is 0 Å². The van der Waals surface area contributed by atoms with Gasteiger partial charge in [-0.05, 0) is 25.7 Å². The molecule has 100 valence electrons. The van der Waals surface area contributed by atoms with Gasteiger partial charge in [0.05, 0.1) is 0 Å². The fraction of sp³-hybridized carbons (Fsp3) is 0.909. The van der Waals surface area contributed by atoms with E-state index in [0.29, 0.717) is 5.92 Å². The number of carbonyl (C=O) groups is 1. The zero-order valence-corrected chi connectivity index (χ0v) is 9.85. The predicted molar refractivity (Wildman–Crippen MR) is 56.6 cm³/mol. The van der Waals surface area contributed by atoms with Gasteiger partial charge in [0.2, 0.25) is 0 Å². The average molecular weight is 253 g/mol. The van der Waals surface area contributed by atoms with Crippen molar-refractivity contribution in [2.45, 2.75) is 51.2 Å². The van der Waals surface area contributed by atoms with Gasteiger partial charge in [0.15, 0.2) is 6.61 Å². The third kappa shape index (κ3) is 5.79. The number of halogens is 3. The van der Waals surface area contributed by atoms with Gasteiger partial charge in [0.25, 0.3) is 0 Å². The Morgan fingerprint density at radius 1 is 1.35 bits per heavy atom. The van der Waals surface area contributed by atoms with Gasteiger partial charge >= 0.3 is 12.3 Å². The highest BCUT2D eigenvalue weighted by Gasteiger charge is 2.30. The number of ether oxygens (including phenoxy) is 1. The third-order valence-corrected chi connectivity index (χ3v) is 3.07. The van der Waals surface area contributed by atoms with E-state index in [0.717, 1.165) is 25.7 Å². The molecular weight excluding hydrogens is 235 g/mol. The molecule has 0 saturated heterocycles. The van der Waals surface area contributed by atoms with Gasteiger partial charge < -0.3 is 10.1 Å². The van der Waals surface area contributed by atoms with Crippen molar-refractivity contribution < 1.29 is 22.7 Å². The number of hydrogen-bond donors (Lipinski definition) is 1. The Kier molecular flexibility index (Phi) is 5.08. The molecule has 1 aliphatic rings. The number of alkyl carbamates (subject to hydrolysis) is 1. The van der Waals surface area contributed by atoms with Crippen LogP contribution >= 0.6 is 0 Å². The molecule has 0 radical (unpaired) electrons. The molecule has 0 heterocycles. The monoisotopic (exact) mass is 253 g/mol. The highest BCUT2D eigenvalue weighted by Crippen LogP contribution is 2.26. The lowest BCUT2D eigenvalue weighted by Gasteiger charge is -2.27. The molecule has 0 spiro atoms. The van der Waals surface area contributed by atoms with Crippen LogP contribution in [0.1, 0.15) is 39.0 Å². The minimum atomic E-state index is -4.47. The molecule has 0 aromatic heterocycles. The van der Waals surface area contributed by atoms with Gasteiger partial charge in [-0.3, -0.25) is 0 Å². The van der Waals surface area contributed by atoms with Crippen LogP contribution in [0.4, 0.5) is 18.0 Å². The lowest BCUT2D eigenvalue weighted by Crippen LogP contribution is -2.40. The Bertz CT molecular complexity index is 250. The maximum Gasteiger partial charge on any atom is 0.422 e. The van der Waals surface area contributed by atoms with E-state index in [1.807, 2.05) is 6.92 Å². The fourth-order valence-corrected chi connectivity index (χ4v) is 2.13. The SMILES string of the molecule is CC(NC(=O)OCC(F)(F)F)C1CCCCC1. The first kappa shape index (κ1) is 14.1. The molecule has 6 heteroatoms. The van der Waals surface area contributed by atoms with Crippen molar-refractivity contribution >= 4 is 6.09 Å². The van der Waals surface area contributed by atoms with Gasteiger partial charge in [-0.15, -0.1) is 0 Å². The number of alkyl halides is 3. The smallest absolute Gasteiger partial charge is 0.422 e. The van der Waals surface area contributed by atoms with Crippen molar-refractivity contribution in [2.75, 3.05) is 6.61 Å². The summed E-state index contributed by atoms with van der Waals surface area (Å²) in [7, 11) is 0. The summed E-state index contributed by atoms with van der Waals surface area (Å²) in [4.78, 5) is 11.1. The fourth-order valence-electron chi connectivity index (χ4n) is 2.13. The van der Waals surface area contributed by atoms with Crippen LogP contribution in [-0.2, 0) is 4.74 Å². The Hall–Kier alpha value is -0.940. The molecule has 0 aromatic carbocycles. The summed E-state index contributed by atoms with van der Waals surface area (Å²) in [6.45, 7) is 0.279. The molecule has 1 amide bonds. The van der Waals surface area contributed by atoms with E-state index >= 15 is 0 Å². The van der Waals surface area contributed by atoms with Gasteiger partial charge in [-0.2, -0.15) is 13.2 Å². The largest absolute Gasteiger partial charge is 0.440 e. The first-order valence-corrected chi connectivity index (χ1v) is 5.88. The quantitative estimate of drug-likeness (QED) is 0.838. The zero-order valence-electron chi connectivity index (χ0n) is 9.85. The maximum absolute atomic E-state index is 11.8. The Balaban J connectivity index is 2.25. The van der Waals surface area contributed by atoms with Crippen LogP contribution in [0.25, 0.3) is 0 Å². The molecule has 1 saturated carbocycles. The normalized spacial score (nSPS) is 19.8. The van der Waals surface area contributed by atoms with Crippen molar-refractivity contribution in [3.63, 3.8) is 0 Å². The van der Waals surface area contributed by atoms with E-state index in [9.17, 15) is 18.0 Å². The first-order chi connectivity index (χ1) is 7.88. The number of amides is 1. The van der Waals surface area contributed by atoms with Crippen LogP contribution in [0.15, 0.2) is 0 Å². The minimum Gasteiger partial charge on any atom is -0.440 e. The lowest BCUT2D eigenvalue weighted by atomic mass is 9.85. The second-order valence-electron chi connectivity index (χ2n) is 4.52. The highest BCUT2D eigenvalue weighted by atomic mass is 19.4. The minimum absolute atomic E-state index is 0.129. The maximum atomic E-state index is 11.8. The van der Waals surface area contributed by atoms with Gasteiger partial charge in [-0.1, -0.05) is 19.3 Å². The third-order valence-electron chi connectivity index (χ3n) is 3.07. The van der Waals surface area contributed by atoms with Crippen LogP contribution in [0, 0.1) is 5.92 Å². The second kappa shape index (κ2) is 6.12.